The number of piperazine rings is 1. The third kappa shape index (κ3) is 4.98. The largest absolute Gasteiger partial charge is 0.495 e. The molecule has 1 aromatic rings. The van der Waals surface area contributed by atoms with Gasteiger partial charge in [0.15, 0.2) is 0 Å². The summed E-state index contributed by atoms with van der Waals surface area (Å²) >= 11 is 0. The van der Waals surface area contributed by atoms with E-state index in [0.717, 1.165) is 11.4 Å². The number of aliphatic hydroxyl groups excluding tert-OH is 2. The first-order valence-corrected chi connectivity index (χ1v) is 9.82. The van der Waals surface area contributed by atoms with E-state index in [1.165, 1.54) is 6.92 Å². The highest BCUT2D eigenvalue weighted by Crippen LogP contribution is 2.29. The van der Waals surface area contributed by atoms with Crippen molar-refractivity contribution >= 4 is 17.5 Å². The molecule has 0 radical (unpaired) electrons. The minimum atomic E-state index is -1.16. The van der Waals surface area contributed by atoms with Crippen LogP contribution >= 0.6 is 0 Å². The molecule has 1 aromatic carbocycles. The minimum Gasteiger partial charge on any atom is -0.495 e. The van der Waals surface area contributed by atoms with Crippen LogP contribution in [0.3, 0.4) is 0 Å². The molecule has 3 rings (SSSR count). The van der Waals surface area contributed by atoms with Crippen molar-refractivity contribution in [2.45, 2.75) is 37.8 Å². The summed E-state index contributed by atoms with van der Waals surface area (Å²) in [6, 6.07) is 7.78. The molecular formula is C20H29N3O6. The van der Waals surface area contributed by atoms with Gasteiger partial charge >= 0.3 is 0 Å². The van der Waals surface area contributed by atoms with Crippen molar-refractivity contribution in [1.29, 1.82) is 0 Å². The zero-order valence-electron chi connectivity index (χ0n) is 16.8. The molecular weight excluding hydrogens is 378 g/mol. The van der Waals surface area contributed by atoms with E-state index in [-0.39, 0.29) is 24.8 Å². The van der Waals surface area contributed by atoms with Gasteiger partial charge in [0.25, 0.3) is 0 Å². The van der Waals surface area contributed by atoms with Crippen molar-refractivity contribution < 1.29 is 29.3 Å². The summed E-state index contributed by atoms with van der Waals surface area (Å²) in [4.78, 5) is 27.6. The number of carbonyl (C=O) groups is 2. The van der Waals surface area contributed by atoms with Gasteiger partial charge in [0.05, 0.1) is 25.3 Å². The van der Waals surface area contributed by atoms with Gasteiger partial charge in [-0.3, -0.25) is 9.59 Å². The van der Waals surface area contributed by atoms with Crippen LogP contribution in [0.1, 0.15) is 13.3 Å². The van der Waals surface area contributed by atoms with Gasteiger partial charge in [-0.25, -0.2) is 0 Å². The average molecular weight is 407 g/mol. The van der Waals surface area contributed by atoms with E-state index >= 15 is 0 Å². The van der Waals surface area contributed by atoms with Crippen molar-refractivity contribution in [3.8, 4) is 5.75 Å². The molecule has 0 bridgehead atoms. The van der Waals surface area contributed by atoms with Crippen LogP contribution in [0, 0.1) is 0 Å². The summed E-state index contributed by atoms with van der Waals surface area (Å²) in [5, 5.41) is 22.9. The molecule has 0 aliphatic carbocycles. The number of hydrogen-bond donors (Lipinski definition) is 3. The van der Waals surface area contributed by atoms with E-state index in [1.807, 2.05) is 24.3 Å². The number of aliphatic hydroxyl groups is 2. The Hall–Kier alpha value is -2.36. The second-order valence-corrected chi connectivity index (χ2v) is 7.38. The zero-order valence-corrected chi connectivity index (χ0v) is 16.8. The summed E-state index contributed by atoms with van der Waals surface area (Å²) in [5.41, 5.74) is 1.00. The number of hydrogen-bond acceptors (Lipinski definition) is 7. The number of nitrogens with zero attached hydrogens (tertiary/aromatic N) is 2. The SMILES string of the molecule is COc1ccccc1N1CCN(C(=O)C[C@@H]2O[C@@H](CNC(C)=O)[C@@H](O)[C@H]2O)CC1. The Bertz CT molecular complexity index is 722. The maximum Gasteiger partial charge on any atom is 0.225 e. The first-order chi connectivity index (χ1) is 13.9. The summed E-state index contributed by atoms with van der Waals surface area (Å²) in [6.45, 7) is 3.91. The van der Waals surface area contributed by atoms with Crippen LogP contribution in [-0.2, 0) is 14.3 Å². The molecule has 9 nitrogen and oxygen atoms in total. The van der Waals surface area contributed by atoms with Gasteiger partial charge < -0.3 is 34.8 Å². The van der Waals surface area contributed by atoms with Crippen molar-refractivity contribution in [3.63, 3.8) is 0 Å². The fraction of sp³-hybridized carbons (Fsp3) is 0.600. The Balaban J connectivity index is 1.51. The topological polar surface area (TPSA) is 112 Å². The fourth-order valence-electron chi connectivity index (χ4n) is 3.80. The van der Waals surface area contributed by atoms with Gasteiger partial charge in [-0.2, -0.15) is 0 Å². The molecule has 9 heteroatoms. The molecule has 0 spiro atoms. The van der Waals surface area contributed by atoms with Gasteiger partial charge in [0.2, 0.25) is 11.8 Å². The predicted octanol–water partition coefficient (Wildman–Crippen LogP) is -0.641. The summed E-state index contributed by atoms with van der Waals surface area (Å²) < 4.78 is 11.0. The first kappa shape index (κ1) is 21.4. The second kappa shape index (κ2) is 9.43. The van der Waals surface area contributed by atoms with E-state index < -0.39 is 24.4 Å². The quantitative estimate of drug-likeness (QED) is 0.575. The smallest absolute Gasteiger partial charge is 0.225 e. The van der Waals surface area contributed by atoms with Crippen LogP contribution in [0.2, 0.25) is 0 Å². The zero-order chi connectivity index (χ0) is 21.0. The molecule has 2 saturated heterocycles. The molecule has 0 saturated carbocycles. The number of rotatable bonds is 6. The number of para-hydroxylation sites is 2. The lowest BCUT2D eigenvalue weighted by Crippen LogP contribution is -2.50. The van der Waals surface area contributed by atoms with E-state index in [1.54, 1.807) is 12.0 Å². The molecule has 2 aliphatic rings. The van der Waals surface area contributed by atoms with Gasteiger partial charge in [0.1, 0.15) is 24.1 Å². The maximum absolute atomic E-state index is 12.7. The number of anilines is 1. The van der Waals surface area contributed by atoms with Crippen LogP contribution in [-0.4, -0.2) is 91.2 Å². The number of amides is 2. The van der Waals surface area contributed by atoms with E-state index in [9.17, 15) is 19.8 Å². The average Bonchev–Trinajstić information content (AvgIpc) is 3.00. The number of nitrogens with one attached hydrogen (secondary N) is 1. The number of ether oxygens (including phenoxy) is 2. The lowest BCUT2D eigenvalue weighted by Gasteiger charge is -2.37. The van der Waals surface area contributed by atoms with Crippen molar-refractivity contribution in [1.82, 2.24) is 10.2 Å². The van der Waals surface area contributed by atoms with Gasteiger partial charge in [-0.15, -0.1) is 0 Å². The molecule has 29 heavy (non-hydrogen) atoms. The molecule has 4 atom stereocenters. The molecule has 160 valence electrons. The van der Waals surface area contributed by atoms with Gasteiger partial charge in [0, 0.05) is 39.6 Å². The Morgan fingerprint density at radius 3 is 2.45 bits per heavy atom. The van der Waals surface area contributed by atoms with Crippen LogP contribution in [0.4, 0.5) is 5.69 Å². The van der Waals surface area contributed by atoms with Crippen LogP contribution in [0.25, 0.3) is 0 Å². The first-order valence-electron chi connectivity index (χ1n) is 9.82. The van der Waals surface area contributed by atoms with Crippen LogP contribution < -0.4 is 15.0 Å². The number of methoxy groups -OCH3 is 1. The number of benzene rings is 1. The Morgan fingerprint density at radius 2 is 1.79 bits per heavy atom. The van der Waals surface area contributed by atoms with E-state index in [0.29, 0.717) is 26.2 Å². The molecule has 2 aliphatic heterocycles. The molecule has 0 unspecified atom stereocenters. The number of carbonyl (C=O) groups excluding carboxylic acids is 2. The Kier molecular flexibility index (Phi) is 6.94. The Morgan fingerprint density at radius 1 is 1.14 bits per heavy atom. The lowest BCUT2D eigenvalue weighted by atomic mass is 10.0. The highest BCUT2D eigenvalue weighted by atomic mass is 16.5. The highest BCUT2D eigenvalue weighted by molar-refractivity contribution is 5.77. The predicted molar refractivity (Wildman–Crippen MR) is 106 cm³/mol. The molecule has 2 amide bonds. The molecule has 0 aromatic heterocycles. The maximum atomic E-state index is 12.7. The minimum absolute atomic E-state index is 0.0105. The standard InChI is InChI=1S/C20H29N3O6/c1-13(24)21-12-17-20(27)19(26)16(29-17)11-18(25)23-9-7-22(8-10-23)14-5-3-4-6-15(14)28-2/h3-6,16-17,19-20,26-27H,7-12H2,1-2H3,(H,21,24)/t16-,17-,19-,20+/m0/s1. The van der Waals surface area contributed by atoms with Gasteiger partial charge in [-0.1, -0.05) is 12.1 Å². The monoisotopic (exact) mass is 407 g/mol. The van der Waals surface area contributed by atoms with Crippen molar-refractivity contribution in [2.75, 3.05) is 44.7 Å². The third-order valence-corrected chi connectivity index (χ3v) is 5.45. The van der Waals surface area contributed by atoms with Crippen LogP contribution in [0.15, 0.2) is 24.3 Å². The summed E-state index contributed by atoms with van der Waals surface area (Å²) in [7, 11) is 1.64. The Labute approximate surface area is 170 Å². The molecule has 3 N–H and O–H groups in total. The highest BCUT2D eigenvalue weighted by Gasteiger charge is 2.43. The molecule has 2 fully saturated rings. The van der Waals surface area contributed by atoms with Gasteiger partial charge in [-0.05, 0) is 12.1 Å². The summed E-state index contributed by atoms with van der Waals surface area (Å²) in [6.07, 6.45) is -3.82. The second-order valence-electron chi connectivity index (χ2n) is 7.38. The summed E-state index contributed by atoms with van der Waals surface area (Å²) in [5.74, 6) is 0.429. The van der Waals surface area contributed by atoms with Crippen LogP contribution in [0.5, 0.6) is 5.75 Å². The van der Waals surface area contributed by atoms with E-state index in [2.05, 4.69) is 10.2 Å². The lowest BCUT2D eigenvalue weighted by molar-refractivity contribution is -0.135. The normalized spacial score (nSPS) is 27.0. The fourth-order valence-corrected chi connectivity index (χ4v) is 3.80. The third-order valence-electron chi connectivity index (χ3n) is 5.45. The van der Waals surface area contributed by atoms with Crippen molar-refractivity contribution in [3.05, 3.63) is 24.3 Å². The molecule has 2 heterocycles. The van der Waals surface area contributed by atoms with E-state index in [4.69, 9.17) is 9.47 Å². The van der Waals surface area contributed by atoms with Crippen molar-refractivity contribution in [2.24, 2.45) is 0 Å².